The van der Waals surface area contributed by atoms with E-state index in [2.05, 4.69) is 15.6 Å². The second-order valence-electron chi connectivity index (χ2n) is 10.7. The minimum Gasteiger partial charge on any atom is -0.494 e. The molecule has 3 aromatic rings. The number of carboxylic acid groups (broad SMARTS) is 1. The molecule has 0 unspecified atom stereocenters. The van der Waals surface area contributed by atoms with Gasteiger partial charge in [0.1, 0.15) is 23.7 Å². The summed E-state index contributed by atoms with van der Waals surface area (Å²) in [6.07, 6.45) is -5.39. The van der Waals surface area contributed by atoms with Gasteiger partial charge in [0.25, 0.3) is 5.91 Å². The molecule has 17 heteroatoms. The number of nitrogens with zero attached hydrogens (tertiary/aromatic N) is 1. The van der Waals surface area contributed by atoms with E-state index in [1.807, 2.05) is 0 Å². The predicted octanol–water partition coefficient (Wildman–Crippen LogP) is 2.11. The van der Waals surface area contributed by atoms with Gasteiger partial charge in [-0.2, -0.15) is 0 Å². The number of halogens is 4. The van der Waals surface area contributed by atoms with E-state index in [1.165, 1.54) is 0 Å². The number of carboxylic acids is 1. The molecule has 1 aliphatic heterocycles. The minimum atomic E-state index is -3.08. The van der Waals surface area contributed by atoms with Crippen LogP contribution in [-0.4, -0.2) is 81.2 Å². The first-order valence-electron chi connectivity index (χ1n) is 14.1. The number of alkyl halides is 2. The van der Waals surface area contributed by atoms with Crippen molar-refractivity contribution < 1.29 is 51.7 Å². The average molecular weight is 681 g/mol. The molecule has 0 spiro atoms. The highest BCUT2D eigenvalue weighted by atomic mass is 32.1. The maximum atomic E-state index is 14.3. The van der Waals surface area contributed by atoms with Crippen molar-refractivity contribution in [3.05, 3.63) is 85.3 Å². The summed E-state index contributed by atoms with van der Waals surface area (Å²) in [5, 5.41) is 23.2. The van der Waals surface area contributed by atoms with Crippen LogP contribution in [0.15, 0.2) is 47.3 Å². The van der Waals surface area contributed by atoms with Crippen LogP contribution in [0.5, 0.6) is 5.88 Å². The second-order valence-corrected chi connectivity index (χ2v) is 11.7. The van der Waals surface area contributed by atoms with Gasteiger partial charge in [0.05, 0.1) is 16.9 Å². The van der Waals surface area contributed by atoms with Crippen LogP contribution < -0.4 is 15.5 Å². The quantitative estimate of drug-likeness (QED) is 0.134. The van der Waals surface area contributed by atoms with Crippen LogP contribution in [0, 0.1) is 11.6 Å². The lowest BCUT2D eigenvalue weighted by atomic mass is 9.96. The Morgan fingerprint density at radius 3 is 2.30 bits per heavy atom. The van der Waals surface area contributed by atoms with E-state index in [0.29, 0.717) is 29.0 Å². The van der Waals surface area contributed by atoms with E-state index in [-0.39, 0.29) is 17.8 Å². The topological polar surface area (TPSA) is 186 Å². The van der Waals surface area contributed by atoms with E-state index < -0.39 is 113 Å². The number of likely N-dealkylation sites (tertiary alicyclic amines) is 1. The molecule has 12 nitrogen and oxygen atoms in total. The molecule has 4 rings (SSSR count). The fourth-order valence-corrected chi connectivity index (χ4v) is 5.93. The van der Waals surface area contributed by atoms with E-state index >= 15 is 0 Å². The molecule has 0 aliphatic carbocycles. The first-order chi connectivity index (χ1) is 22.2. The van der Waals surface area contributed by atoms with Crippen molar-refractivity contribution >= 4 is 40.8 Å². The summed E-state index contributed by atoms with van der Waals surface area (Å²) in [4.78, 5) is 77.3. The van der Waals surface area contributed by atoms with Crippen LogP contribution in [0.4, 0.5) is 17.6 Å². The Hall–Kier alpha value is -5.06. The number of nitrogens with one attached hydrogen (secondary N) is 3. The van der Waals surface area contributed by atoms with Crippen molar-refractivity contribution in [2.75, 3.05) is 13.1 Å². The molecule has 3 atom stereocenters. The van der Waals surface area contributed by atoms with Crippen molar-refractivity contribution in [1.82, 2.24) is 20.5 Å². The summed E-state index contributed by atoms with van der Waals surface area (Å²) in [5.41, 5.74) is -0.475. The molecular weight excluding hydrogens is 652 g/mol. The molecule has 1 fully saturated rings. The van der Waals surface area contributed by atoms with Gasteiger partial charge in [-0.1, -0.05) is 41.7 Å². The third-order valence-electron chi connectivity index (χ3n) is 7.50. The average Bonchev–Trinajstić information content (AvgIpc) is 3.60. The number of hydrogen-bond acceptors (Lipinski definition) is 8. The Morgan fingerprint density at radius 1 is 1.06 bits per heavy atom. The molecule has 0 radical (unpaired) electrons. The van der Waals surface area contributed by atoms with Gasteiger partial charge >= 0.3 is 10.8 Å². The van der Waals surface area contributed by atoms with Crippen LogP contribution >= 0.6 is 11.3 Å². The zero-order chi connectivity index (χ0) is 34.4. The van der Waals surface area contributed by atoms with Crippen molar-refractivity contribution in [1.29, 1.82) is 0 Å². The third-order valence-corrected chi connectivity index (χ3v) is 8.38. The minimum absolute atomic E-state index is 0.0362. The second kappa shape index (κ2) is 15.0. The Labute approximate surface area is 267 Å². The number of rotatable bonds is 13. The number of carbonyl (C=O) groups excluding carboxylic acids is 4. The van der Waals surface area contributed by atoms with Crippen LogP contribution in [0.1, 0.15) is 45.1 Å². The maximum Gasteiger partial charge on any atom is 0.335 e. The van der Waals surface area contributed by atoms with Gasteiger partial charge in [-0.15, -0.1) is 0 Å². The standard InChI is InChI=1S/C30H28F4N4O8S/c31-18-8-15(29(44)45)9-19(32)17(18)6-7-35-25(40)20(11-24(33)34)36-26(41)21-10-16(14-4-2-1-3-5-14)13-38(21)28(43)22(39)12-23-27(42)37-30(46)47-23/h1-5,8-9,16,20-21,24,42H,6-7,10-13H2,(H,35,40)(H,36,41)(H,37,46)(H,44,45)/t16-,20+,21+/m1/s1. The lowest BCUT2D eigenvalue weighted by Crippen LogP contribution is -2.54. The third kappa shape index (κ3) is 8.60. The number of amides is 3. The van der Waals surface area contributed by atoms with Gasteiger partial charge in [0.15, 0.2) is 0 Å². The SMILES string of the molecule is O=C(Cc1sc(=O)[nH]c1O)C(=O)N1C[C@H](c2ccccc2)C[C@H]1C(=O)N[C@@H](CC(F)F)C(=O)NCCc1c(F)cc(C(=O)O)cc1F. The summed E-state index contributed by atoms with van der Waals surface area (Å²) in [6, 6.07) is 6.61. The van der Waals surface area contributed by atoms with E-state index in [9.17, 15) is 51.4 Å². The number of Topliss-reactive ketones (excluding diaryl/α,β-unsaturated/α-hetero) is 1. The molecule has 1 saturated heterocycles. The predicted molar refractivity (Wildman–Crippen MR) is 157 cm³/mol. The number of thiazole rings is 1. The van der Waals surface area contributed by atoms with E-state index in [0.717, 1.165) is 4.90 Å². The first kappa shape index (κ1) is 34.8. The largest absolute Gasteiger partial charge is 0.494 e. The molecule has 3 amide bonds. The van der Waals surface area contributed by atoms with E-state index in [1.54, 1.807) is 30.3 Å². The number of aromatic nitrogens is 1. The Morgan fingerprint density at radius 2 is 1.72 bits per heavy atom. The van der Waals surface area contributed by atoms with Gasteiger partial charge < -0.3 is 25.7 Å². The fraction of sp³-hybridized carbons (Fsp3) is 0.333. The fourth-order valence-electron chi connectivity index (χ4n) is 5.21. The number of ketones is 1. The number of carbonyl (C=O) groups is 5. The van der Waals surface area contributed by atoms with Gasteiger partial charge in [-0.25, -0.2) is 22.4 Å². The number of benzene rings is 2. The zero-order valence-electron chi connectivity index (χ0n) is 24.3. The summed E-state index contributed by atoms with van der Waals surface area (Å²) in [6.45, 7) is -0.586. The van der Waals surface area contributed by atoms with Crippen molar-refractivity contribution in [2.45, 2.75) is 50.1 Å². The Bertz CT molecular complexity index is 1710. The highest BCUT2D eigenvalue weighted by molar-refractivity contribution is 7.09. The number of H-pyrrole nitrogens is 1. The highest BCUT2D eigenvalue weighted by Gasteiger charge is 2.43. The van der Waals surface area contributed by atoms with Gasteiger partial charge in [-0.05, 0) is 30.5 Å². The molecule has 0 bridgehead atoms. The van der Waals surface area contributed by atoms with Gasteiger partial charge in [-0.3, -0.25) is 29.0 Å². The summed E-state index contributed by atoms with van der Waals surface area (Å²) in [7, 11) is 0. The summed E-state index contributed by atoms with van der Waals surface area (Å²) >= 11 is 0.520. The normalized spacial score (nSPS) is 16.6. The number of aromatic carboxylic acids is 1. The van der Waals surface area contributed by atoms with E-state index in [4.69, 9.17) is 5.11 Å². The molecule has 2 heterocycles. The number of aromatic amines is 1. The molecule has 0 saturated carbocycles. The highest BCUT2D eigenvalue weighted by Crippen LogP contribution is 2.32. The molecule has 47 heavy (non-hydrogen) atoms. The lowest BCUT2D eigenvalue weighted by Gasteiger charge is -2.26. The Balaban J connectivity index is 1.48. The van der Waals surface area contributed by atoms with Crippen molar-refractivity contribution in [3.63, 3.8) is 0 Å². The van der Waals surface area contributed by atoms with Crippen LogP contribution in [-0.2, 0) is 32.0 Å². The lowest BCUT2D eigenvalue weighted by molar-refractivity contribution is -0.147. The monoisotopic (exact) mass is 680 g/mol. The van der Waals surface area contributed by atoms with Crippen LogP contribution in [0.2, 0.25) is 0 Å². The van der Waals surface area contributed by atoms with Gasteiger partial charge in [0.2, 0.25) is 29.9 Å². The molecule has 250 valence electrons. The van der Waals surface area contributed by atoms with Crippen LogP contribution in [0.25, 0.3) is 0 Å². The zero-order valence-corrected chi connectivity index (χ0v) is 25.1. The number of hydrogen-bond donors (Lipinski definition) is 5. The summed E-state index contributed by atoms with van der Waals surface area (Å²) < 4.78 is 55.5. The molecular formula is C30H28F4N4O8S. The smallest absolute Gasteiger partial charge is 0.335 e. The maximum absolute atomic E-state index is 14.3. The summed E-state index contributed by atoms with van der Waals surface area (Å²) in [5.74, 6) is -9.30. The Kier molecular flexibility index (Phi) is 11.1. The number of aromatic hydroxyl groups is 1. The van der Waals surface area contributed by atoms with Crippen molar-refractivity contribution in [2.24, 2.45) is 0 Å². The first-order valence-corrected chi connectivity index (χ1v) is 14.9. The molecule has 2 aromatic carbocycles. The molecule has 1 aromatic heterocycles. The molecule has 1 aliphatic rings. The van der Waals surface area contributed by atoms with Gasteiger partial charge in [0, 0.05) is 31.0 Å². The van der Waals surface area contributed by atoms with Crippen molar-refractivity contribution in [3.8, 4) is 5.88 Å². The van der Waals surface area contributed by atoms with Crippen LogP contribution in [0.3, 0.4) is 0 Å². The molecule has 5 N–H and O–H groups in total.